The molecule has 6 heteroatoms. The van der Waals surface area contributed by atoms with E-state index in [4.69, 9.17) is 9.40 Å². The van der Waals surface area contributed by atoms with Gasteiger partial charge in [0.25, 0.3) is 0 Å². The normalized spacial score (nSPS) is 22.7. The number of rotatable bonds is 3. The molecule has 0 aliphatic carbocycles. The van der Waals surface area contributed by atoms with Crippen LogP contribution in [0, 0.1) is 11.8 Å². The second-order valence-corrected chi connectivity index (χ2v) is 8.42. The number of anilines is 3. The summed E-state index contributed by atoms with van der Waals surface area (Å²) in [6.07, 6.45) is 2.94. The zero-order chi connectivity index (χ0) is 20.0. The SMILES string of the molecule is C[C@@H]1C[C@H](C)CN(c2nc(N3CCN(c4ccccc4)C3=O)cc3ccoc23)C1. The zero-order valence-corrected chi connectivity index (χ0v) is 16.9. The van der Waals surface area contributed by atoms with Crippen LogP contribution in [0.2, 0.25) is 0 Å². The van der Waals surface area contributed by atoms with Crippen LogP contribution in [0.3, 0.4) is 0 Å². The third-order valence-electron chi connectivity index (χ3n) is 5.93. The molecule has 6 nitrogen and oxygen atoms in total. The number of aromatic nitrogens is 1. The summed E-state index contributed by atoms with van der Waals surface area (Å²) in [6, 6.07) is 13.7. The Morgan fingerprint density at radius 1 is 1.00 bits per heavy atom. The van der Waals surface area contributed by atoms with Gasteiger partial charge in [0.1, 0.15) is 5.82 Å². The first-order chi connectivity index (χ1) is 14.1. The van der Waals surface area contributed by atoms with Crippen LogP contribution >= 0.6 is 0 Å². The molecule has 4 heterocycles. The highest BCUT2D eigenvalue weighted by molar-refractivity contribution is 6.06. The highest BCUT2D eigenvalue weighted by Crippen LogP contribution is 2.35. The number of benzene rings is 1. The molecule has 0 spiro atoms. The van der Waals surface area contributed by atoms with Crippen LogP contribution in [0.15, 0.2) is 53.1 Å². The van der Waals surface area contributed by atoms with Crippen LogP contribution in [-0.2, 0) is 0 Å². The Kier molecular flexibility index (Phi) is 4.42. The van der Waals surface area contributed by atoms with Crippen molar-refractivity contribution in [2.75, 3.05) is 40.9 Å². The second-order valence-electron chi connectivity index (χ2n) is 8.42. The lowest BCUT2D eigenvalue weighted by Crippen LogP contribution is -2.39. The number of para-hydroxylation sites is 1. The van der Waals surface area contributed by atoms with Gasteiger partial charge in [-0.1, -0.05) is 32.0 Å². The van der Waals surface area contributed by atoms with Crippen molar-refractivity contribution in [2.24, 2.45) is 11.8 Å². The maximum absolute atomic E-state index is 13.1. The number of hydrogen-bond acceptors (Lipinski definition) is 4. The molecular formula is C23H26N4O2. The number of furan rings is 1. The van der Waals surface area contributed by atoms with Gasteiger partial charge in [-0.2, -0.15) is 0 Å². The monoisotopic (exact) mass is 390 g/mol. The largest absolute Gasteiger partial charge is 0.460 e. The Labute approximate surface area is 170 Å². The van der Waals surface area contributed by atoms with Gasteiger partial charge >= 0.3 is 6.03 Å². The minimum absolute atomic E-state index is 0.0297. The number of fused-ring (bicyclic) bond motifs is 1. The molecule has 1 aromatic carbocycles. The van der Waals surface area contributed by atoms with Gasteiger partial charge in [0.15, 0.2) is 11.4 Å². The lowest BCUT2D eigenvalue weighted by atomic mass is 9.92. The van der Waals surface area contributed by atoms with Gasteiger partial charge in [0, 0.05) is 37.3 Å². The molecule has 5 rings (SSSR count). The van der Waals surface area contributed by atoms with Gasteiger partial charge in [-0.3, -0.25) is 9.80 Å². The maximum Gasteiger partial charge on any atom is 0.330 e. The van der Waals surface area contributed by atoms with Gasteiger partial charge in [-0.15, -0.1) is 0 Å². The van der Waals surface area contributed by atoms with Crippen molar-refractivity contribution in [3.05, 3.63) is 48.7 Å². The summed E-state index contributed by atoms with van der Waals surface area (Å²) >= 11 is 0. The average molecular weight is 390 g/mol. The quantitative estimate of drug-likeness (QED) is 0.647. The number of urea groups is 1. The second kappa shape index (κ2) is 7.10. The summed E-state index contributed by atoms with van der Waals surface area (Å²) in [5.74, 6) is 2.77. The molecule has 2 aromatic heterocycles. The van der Waals surface area contributed by atoms with E-state index in [1.807, 2.05) is 47.4 Å². The summed E-state index contributed by atoms with van der Waals surface area (Å²) in [5.41, 5.74) is 1.73. The van der Waals surface area contributed by atoms with Crippen LogP contribution in [-0.4, -0.2) is 37.2 Å². The van der Waals surface area contributed by atoms with Gasteiger partial charge in [0.05, 0.1) is 6.26 Å². The minimum atomic E-state index is -0.0297. The topological polar surface area (TPSA) is 52.8 Å². The van der Waals surface area contributed by atoms with Crippen molar-refractivity contribution < 1.29 is 9.21 Å². The fourth-order valence-electron chi connectivity index (χ4n) is 4.73. The Morgan fingerprint density at radius 3 is 2.48 bits per heavy atom. The maximum atomic E-state index is 13.1. The molecule has 0 N–H and O–H groups in total. The van der Waals surface area contributed by atoms with Gasteiger partial charge in [-0.05, 0) is 42.5 Å². The Hall–Kier alpha value is -3.02. The first-order valence-corrected chi connectivity index (χ1v) is 10.4. The number of hydrogen-bond donors (Lipinski definition) is 0. The number of piperidine rings is 1. The average Bonchev–Trinajstić information content (AvgIpc) is 3.33. The van der Waals surface area contributed by atoms with Crippen molar-refractivity contribution in [3.63, 3.8) is 0 Å². The molecule has 3 aromatic rings. The summed E-state index contributed by atoms with van der Waals surface area (Å²) in [7, 11) is 0. The molecule has 0 radical (unpaired) electrons. The van der Waals surface area contributed by atoms with Crippen LogP contribution in [0.5, 0.6) is 0 Å². The zero-order valence-electron chi connectivity index (χ0n) is 16.9. The number of carbonyl (C=O) groups is 1. The molecule has 2 atom stereocenters. The lowest BCUT2D eigenvalue weighted by molar-refractivity contribution is 0.255. The highest BCUT2D eigenvalue weighted by atomic mass is 16.3. The summed E-state index contributed by atoms with van der Waals surface area (Å²) in [5, 5.41) is 0.988. The van der Waals surface area contributed by atoms with E-state index in [0.29, 0.717) is 30.7 Å². The van der Waals surface area contributed by atoms with Crippen molar-refractivity contribution in [2.45, 2.75) is 20.3 Å². The van der Waals surface area contributed by atoms with E-state index in [-0.39, 0.29) is 6.03 Å². The third kappa shape index (κ3) is 3.22. The summed E-state index contributed by atoms with van der Waals surface area (Å²) < 4.78 is 5.79. The first-order valence-electron chi connectivity index (χ1n) is 10.4. The Balaban J connectivity index is 1.51. The molecule has 29 heavy (non-hydrogen) atoms. The standard InChI is InChI=1S/C23H26N4O2/c1-16-12-17(2)15-25(14-16)22-21-18(8-11-29-21)13-20(24-22)27-10-9-26(23(27)28)19-6-4-3-5-7-19/h3-8,11,13,16-17H,9-10,12,14-15H2,1-2H3/t16-,17+. The number of nitrogens with zero attached hydrogens (tertiary/aromatic N) is 4. The predicted molar refractivity (Wildman–Crippen MR) is 116 cm³/mol. The summed E-state index contributed by atoms with van der Waals surface area (Å²) in [6.45, 7) is 7.76. The van der Waals surface area contributed by atoms with Crippen molar-refractivity contribution in [3.8, 4) is 0 Å². The Bertz CT molecular complexity index is 1020. The first kappa shape index (κ1) is 18.0. The summed E-state index contributed by atoms with van der Waals surface area (Å²) in [4.78, 5) is 24.0. The molecule has 0 unspecified atom stereocenters. The van der Waals surface area contributed by atoms with E-state index in [2.05, 4.69) is 18.7 Å². The number of carbonyl (C=O) groups excluding carboxylic acids is 1. The van der Waals surface area contributed by atoms with Crippen molar-refractivity contribution in [1.29, 1.82) is 0 Å². The van der Waals surface area contributed by atoms with E-state index < -0.39 is 0 Å². The fourth-order valence-corrected chi connectivity index (χ4v) is 4.73. The molecular weight excluding hydrogens is 364 g/mol. The van der Waals surface area contributed by atoms with Gasteiger partial charge < -0.3 is 9.32 Å². The molecule has 0 saturated carbocycles. The van der Waals surface area contributed by atoms with E-state index >= 15 is 0 Å². The minimum Gasteiger partial charge on any atom is -0.460 e. The number of amides is 2. The van der Waals surface area contributed by atoms with Crippen LogP contribution in [0.1, 0.15) is 20.3 Å². The third-order valence-corrected chi connectivity index (χ3v) is 5.93. The van der Waals surface area contributed by atoms with Crippen LogP contribution < -0.4 is 14.7 Å². The van der Waals surface area contributed by atoms with Gasteiger partial charge in [0.2, 0.25) is 0 Å². The van der Waals surface area contributed by atoms with Crippen molar-refractivity contribution >= 4 is 34.3 Å². The smallest absolute Gasteiger partial charge is 0.330 e. The van der Waals surface area contributed by atoms with E-state index in [1.165, 1.54) is 6.42 Å². The fraction of sp³-hybridized carbons (Fsp3) is 0.391. The molecule has 2 aliphatic rings. The Morgan fingerprint density at radius 2 is 1.72 bits per heavy atom. The highest BCUT2D eigenvalue weighted by Gasteiger charge is 2.33. The molecule has 2 fully saturated rings. The molecule has 2 amide bonds. The van der Waals surface area contributed by atoms with Crippen LogP contribution in [0.4, 0.5) is 22.1 Å². The molecule has 2 aliphatic heterocycles. The molecule has 2 saturated heterocycles. The van der Waals surface area contributed by atoms with E-state index in [0.717, 1.165) is 35.6 Å². The molecule has 0 bridgehead atoms. The van der Waals surface area contributed by atoms with E-state index in [9.17, 15) is 4.79 Å². The number of pyridine rings is 1. The van der Waals surface area contributed by atoms with Crippen molar-refractivity contribution in [1.82, 2.24) is 4.98 Å². The lowest BCUT2D eigenvalue weighted by Gasteiger charge is -2.36. The predicted octanol–water partition coefficient (Wildman–Crippen LogP) is 4.76. The van der Waals surface area contributed by atoms with Crippen LogP contribution in [0.25, 0.3) is 11.0 Å². The van der Waals surface area contributed by atoms with E-state index in [1.54, 1.807) is 11.2 Å². The molecule has 150 valence electrons. The van der Waals surface area contributed by atoms with Gasteiger partial charge in [-0.25, -0.2) is 9.78 Å².